The summed E-state index contributed by atoms with van der Waals surface area (Å²) in [7, 11) is -0.750. The highest BCUT2D eigenvalue weighted by Gasteiger charge is 1.98. The maximum absolute atomic E-state index is 7.12. The minimum atomic E-state index is -0.750. The molecule has 0 amide bonds. The van der Waals surface area contributed by atoms with Crippen LogP contribution in [0, 0.1) is 0 Å². The number of azo groups is 1. The van der Waals surface area contributed by atoms with Gasteiger partial charge in [0.1, 0.15) is 11.5 Å². The first-order valence-electron chi connectivity index (χ1n) is 5.38. The van der Waals surface area contributed by atoms with Gasteiger partial charge in [0.25, 0.3) is 0 Å². The van der Waals surface area contributed by atoms with Gasteiger partial charge < -0.3 is 21.5 Å². The monoisotopic (exact) mass is 295 g/mol. The van der Waals surface area contributed by atoms with Crippen molar-refractivity contribution < 1.29 is 10.0 Å². The highest BCUT2D eigenvalue weighted by atomic mass is 35.5. The second kappa shape index (κ2) is 9.73. The van der Waals surface area contributed by atoms with E-state index in [9.17, 15) is 0 Å². The van der Waals surface area contributed by atoms with Gasteiger partial charge in [-0.3, -0.25) is 0 Å². The summed E-state index contributed by atoms with van der Waals surface area (Å²) in [5.41, 5.74) is 12.4. The number of hydrogen-bond donors (Lipinski definition) is 4. The van der Waals surface area contributed by atoms with Crippen LogP contribution in [0.25, 0.3) is 0 Å². The van der Waals surface area contributed by atoms with Gasteiger partial charge in [-0.15, -0.1) is 17.5 Å². The van der Waals surface area contributed by atoms with Crippen molar-refractivity contribution in [1.29, 1.82) is 0 Å². The average Bonchev–Trinajstić information content (AvgIpc) is 2.40. The molecule has 6 N–H and O–H groups in total. The molecule has 7 nitrogen and oxygen atoms in total. The molecule has 0 fully saturated rings. The van der Waals surface area contributed by atoms with E-state index in [1.807, 2.05) is 30.3 Å². The zero-order chi connectivity index (χ0) is 14.1. The fourth-order valence-electron chi connectivity index (χ4n) is 1.17. The summed E-state index contributed by atoms with van der Waals surface area (Å²) in [5.74, 6) is 0.649. The summed E-state index contributed by atoms with van der Waals surface area (Å²) >= 11 is 0. The fraction of sp³-hybridized carbons (Fsp3) is 0. The molecule has 20 heavy (non-hydrogen) atoms. The summed E-state index contributed by atoms with van der Waals surface area (Å²) in [4.78, 5) is 3.89. The second-order valence-electron chi connectivity index (χ2n) is 3.32. The third-order valence-corrected chi connectivity index (χ3v) is 1.95. The lowest BCUT2D eigenvalue weighted by Crippen LogP contribution is -1.95. The van der Waals surface area contributed by atoms with Crippen LogP contribution in [0.3, 0.4) is 0 Å². The van der Waals surface area contributed by atoms with E-state index in [1.54, 1.807) is 12.1 Å². The van der Waals surface area contributed by atoms with Crippen molar-refractivity contribution in [2.45, 2.75) is 0 Å². The molecule has 0 bridgehead atoms. The maximum atomic E-state index is 7.12. The first-order valence-corrected chi connectivity index (χ1v) is 5.38. The molecule has 0 saturated heterocycles. The molecule has 0 unspecified atom stereocenters. The minimum Gasteiger partial charge on any atom is -0.430 e. The lowest BCUT2D eigenvalue weighted by molar-refractivity contribution is 0.448. The first-order chi connectivity index (χ1) is 9.17. The molecule has 1 heterocycles. The summed E-state index contributed by atoms with van der Waals surface area (Å²) in [5, 5.41) is 22.3. The molecule has 1 aromatic carbocycles. The standard InChI is InChI=1S/C11H11N5.BH3O2.ClH/c12-10-7-6-9(11(13)14-10)16-15-8-4-2-1-3-5-8;2-1-3;/h1-7H,(H4,12,13,14);1-3H;1H/b16-15+;;. The Hall–Kier alpha value is -2.16. The lowest BCUT2D eigenvalue weighted by atomic mass is 10.3. The normalized spacial score (nSPS) is 9.30. The van der Waals surface area contributed by atoms with Crippen molar-refractivity contribution in [3.63, 3.8) is 0 Å². The topological polar surface area (TPSA) is 130 Å². The number of nitrogens with two attached hydrogens (primary N) is 2. The van der Waals surface area contributed by atoms with Crippen LogP contribution in [0.4, 0.5) is 23.0 Å². The molecule has 0 aliphatic carbocycles. The zero-order valence-electron chi connectivity index (χ0n) is 10.5. The number of aromatic nitrogens is 1. The Balaban J connectivity index is 0.000000830. The maximum Gasteiger partial charge on any atom is 0.432 e. The van der Waals surface area contributed by atoms with Crippen molar-refractivity contribution in [1.82, 2.24) is 4.98 Å². The van der Waals surface area contributed by atoms with Crippen LogP contribution in [0.15, 0.2) is 52.7 Å². The first kappa shape index (κ1) is 17.8. The van der Waals surface area contributed by atoms with Crippen LogP contribution < -0.4 is 11.5 Å². The summed E-state index contributed by atoms with van der Waals surface area (Å²) < 4.78 is 0. The molecule has 9 heteroatoms. The molecule has 106 valence electrons. The SMILES string of the molecule is Cl.Nc1ccc(/N=N/c2ccccc2)c(N)n1.OBO. The summed E-state index contributed by atoms with van der Waals surface area (Å²) in [6.45, 7) is 0. The minimum absolute atomic E-state index is 0. The highest BCUT2D eigenvalue weighted by Crippen LogP contribution is 2.23. The van der Waals surface area contributed by atoms with Gasteiger partial charge in [0.15, 0.2) is 5.82 Å². The molecule has 0 saturated carbocycles. The number of benzene rings is 1. The van der Waals surface area contributed by atoms with E-state index in [0.29, 0.717) is 11.5 Å². The number of nitrogens with zero attached hydrogens (tertiary/aromatic N) is 3. The van der Waals surface area contributed by atoms with E-state index in [1.165, 1.54) is 0 Å². The van der Waals surface area contributed by atoms with Crippen LogP contribution in [0.1, 0.15) is 0 Å². The summed E-state index contributed by atoms with van der Waals surface area (Å²) in [6.07, 6.45) is 0. The molecular weight excluding hydrogens is 280 g/mol. The molecule has 2 aromatic rings. The van der Waals surface area contributed by atoms with Gasteiger partial charge in [-0.25, -0.2) is 4.98 Å². The Morgan fingerprint density at radius 3 is 2.10 bits per heavy atom. The van der Waals surface area contributed by atoms with Gasteiger partial charge >= 0.3 is 7.69 Å². The predicted octanol–water partition coefficient (Wildman–Crippen LogP) is 1.32. The van der Waals surface area contributed by atoms with E-state index < -0.39 is 7.69 Å². The zero-order valence-corrected chi connectivity index (χ0v) is 11.4. The molecule has 0 spiro atoms. The molecule has 0 aliphatic rings. The quantitative estimate of drug-likeness (QED) is 0.490. The Morgan fingerprint density at radius 1 is 0.950 bits per heavy atom. The number of nitrogen functional groups attached to an aromatic ring is 2. The van der Waals surface area contributed by atoms with Gasteiger partial charge in [-0.05, 0) is 24.3 Å². The molecular formula is C11H15BClN5O2. The van der Waals surface area contributed by atoms with Crippen LogP contribution in [0.5, 0.6) is 0 Å². The number of pyridine rings is 1. The van der Waals surface area contributed by atoms with E-state index in [2.05, 4.69) is 15.2 Å². The Labute approximate surface area is 123 Å². The van der Waals surface area contributed by atoms with Gasteiger partial charge in [0, 0.05) is 0 Å². The molecule has 2 rings (SSSR count). The Bertz CT molecular complexity index is 542. The van der Waals surface area contributed by atoms with Gasteiger partial charge in [0.2, 0.25) is 0 Å². The predicted molar refractivity (Wildman–Crippen MR) is 82.5 cm³/mol. The lowest BCUT2D eigenvalue weighted by Gasteiger charge is -1.98. The van der Waals surface area contributed by atoms with Crippen molar-refractivity contribution in [3.8, 4) is 0 Å². The number of halogens is 1. The van der Waals surface area contributed by atoms with Crippen molar-refractivity contribution in [3.05, 3.63) is 42.5 Å². The van der Waals surface area contributed by atoms with Crippen molar-refractivity contribution in [2.75, 3.05) is 11.5 Å². The smallest absolute Gasteiger partial charge is 0.430 e. The van der Waals surface area contributed by atoms with Gasteiger partial charge in [-0.1, -0.05) is 18.2 Å². The summed E-state index contributed by atoms with van der Waals surface area (Å²) in [6, 6.07) is 12.7. The number of hydrogen-bond acceptors (Lipinski definition) is 7. The van der Waals surface area contributed by atoms with Crippen molar-refractivity contribution in [2.24, 2.45) is 10.2 Å². The number of anilines is 2. The molecule has 0 atom stereocenters. The third-order valence-electron chi connectivity index (χ3n) is 1.95. The van der Waals surface area contributed by atoms with Crippen LogP contribution in [-0.2, 0) is 0 Å². The van der Waals surface area contributed by atoms with E-state index in [0.717, 1.165) is 5.69 Å². The number of rotatable bonds is 2. The van der Waals surface area contributed by atoms with E-state index in [-0.39, 0.29) is 18.2 Å². The van der Waals surface area contributed by atoms with Gasteiger partial charge in [0.05, 0.1) is 5.69 Å². The van der Waals surface area contributed by atoms with Crippen LogP contribution in [-0.4, -0.2) is 22.7 Å². The second-order valence-corrected chi connectivity index (χ2v) is 3.32. The molecule has 1 aromatic heterocycles. The fourth-order valence-corrected chi connectivity index (χ4v) is 1.17. The van der Waals surface area contributed by atoms with Crippen LogP contribution >= 0.6 is 12.4 Å². The van der Waals surface area contributed by atoms with E-state index >= 15 is 0 Å². The Morgan fingerprint density at radius 2 is 1.55 bits per heavy atom. The highest BCUT2D eigenvalue weighted by molar-refractivity contribution is 6.13. The molecule has 0 aliphatic heterocycles. The van der Waals surface area contributed by atoms with Crippen LogP contribution in [0.2, 0.25) is 0 Å². The third kappa shape index (κ3) is 6.14. The average molecular weight is 296 g/mol. The van der Waals surface area contributed by atoms with E-state index in [4.69, 9.17) is 21.5 Å². The van der Waals surface area contributed by atoms with Gasteiger partial charge in [-0.2, -0.15) is 5.11 Å². The largest absolute Gasteiger partial charge is 0.432 e. The molecule has 0 radical (unpaired) electrons. The van der Waals surface area contributed by atoms with Crippen molar-refractivity contribution >= 4 is 43.1 Å². The Kier molecular flexibility index (Phi) is 8.68.